The molecule has 1 aliphatic carbocycles. The summed E-state index contributed by atoms with van der Waals surface area (Å²) in [4.78, 5) is 40.8. The number of nitrogens with one attached hydrogen (secondary N) is 1. The molecular formula is C27H25F4N5O4. The van der Waals surface area contributed by atoms with Crippen LogP contribution in [0.4, 0.5) is 22.4 Å². The minimum absolute atomic E-state index is 0.202. The van der Waals surface area contributed by atoms with Gasteiger partial charge in [0.2, 0.25) is 5.91 Å². The molecule has 1 aliphatic heterocycles. The van der Waals surface area contributed by atoms with Gasteiger partial charge < -0.3 is 15.3 Å². The van der Waals surface area contributed by atoms with Crippen LogP contribution in [-0.4, -0.2) is 61.3 Å². The number of aliphatic hydroxyl groups excluding tert-OH is 1. The van der Waals surface area contributed by atoms with E-state index in [9.17, 15) is 37.1 Å². The van der Waals surface area contributed by atoms with Crippen molar-refractivity contribution in [1.29, 1.82) is 0 Å². The van der Waals surface area contributed by atoms with Crippen molar-refractivity contribution in [1.82, 2.24) is 24.9 Å². The van der Waals surface area contributed by atoms with Crippen molar-refractivity contribution in [3.8, 4) is 11.1 Å². The molecule has 2 aliphatic rings. The molecule has 9 nitrogen and oxygen atoms in total. The van der Waals surface area contributed by atoms with E-state index in [2.05, 4.69) is 10.4 Å². The SMILES string of the molecule is C[C@H](N(Cc1ccc(F)cc1)C(=O)CN1C(=O)N[C@]2(C[C@@H](O)c3cc(-c4cnn(C)c4)ccc32)C1=O)C(F)(F)F. The van der Waals surface area contributed by atoms with Gasteiger partial charge in [0.05, 0.1) is 12.3 Å². The maximum absolute atomic E-state index is 13.7. The van der Waals surface area contributed by atoms with Crippen molar-refractivity contribution in [2.45, 2.75) is 43.8 Å². The molecule has 40 heavy (non-hydrogen) atoms. The summed E-state index contributed by atoms with van der Waals surface area (Å²) >= 11 is 0. The van der Waals surface area contributed by atoms with E-state index in [0.717, 1.165) is 30.2 Å². The molecule has 0 saturated carbocycles. The largest absolute Gasteiger partial charge is 0.408 e. The molecule has 13 heteroatoms. The molecule has 3 aromatic rings. The molecule has 4 amide bonds. The molecule has 1 fully saturated rings. The van der Waals surface area contributed by atoms with E-state index in [1.165, 1.54) is 12.1 Å². The van der Waals surface area contributed by atoms with Gasteiger partial charge in [-0.15, -0.1) is 0 Å². The van der Waals surface area contributed by atoms with Crippen LogP contribution in [0, 0.1) is 5.82 Å². The highest BCUT2D eigenvalue weighted by atomic mass is 19.4. The molecule has 0 radical (unpaired) electrons. The van der Waals surface area contributed by atoms with E-state index in [-0.39, 0.29) is 12.0 Å². The summed E-state index contributed by atoms with van der Waals surface area (Å²) in [6, 6.07) is 6.39. The second kappa shape index (κ2) is 9.73. The molecule has 5 rings (SSSR count). The molecule has 210 valence electrons. The smallest absolute Gasteiger partial charge is 0.388 e. The van der Waals surface area contributed by atoms with Gasteiger partial charge in [0.25, 0.3) is 5.91 Å². The number of imide groups is 1. The van der Waals surface area contributed by atoms with Crippen molar-refractivity contribution >= 4 is 17.8 Å². The molecular weight excluding hydrogens is 534 g/mol. The summed E-state index contributed by atoms with van der Waals surface area (Å²) in [5.74, 6) is -2.57. The first kappa shape index (κ1) is 27.3. The van der Waals surface area contributed by atoms with Crippen LogP contribution in [0.3, 0.4) is 0 Å². The average Bonchev–Trinajstić information content (AvgIpc) is 3.52. The fourth-order valence-corrected chi connectivity index (χ4v) is 5.21. The molecule has 3 atom stereocenters. The number of benzene rings is 2. The monoisotopic (exact) mass is 559 g/mol. The lowest BCUT2D eigenvalue weighted by atomic mass is 9.90. The fourth-order valence-electron chi connectivity index (χ4n) is 5.21. The summed E-state index contributed by atoms with van der Waals surface area (Å²) in [5, 5.41) is 17.5. The second-order valence-electron chi connectivity index (χ2n) is 10.0. The lowest BCUT2D eigenvalue weighted by molar-refractivity contribution is -0.187. The topological polar surface area (TPSA) is 108 Å². The Bertz CT molecular complexity index is 1490. The Hall–Kier alpha value is -4.26. The molecule has 0 bridgehead atoms. The number of fused-ring (bicyclic) bond motifs is 2. The van der Waals surface area contributed by atoms with Crippen LogP contribution >= 0.6 is 0 Å². The number of carbonyl (C=O) groups excluding carboxylic acids is 3. The Morgan fingerprint density at radius 3 is 2.52 bits per heavy atom. The third-order valence-corrected chi connectivity index (χ3v) is 7.40. The van der Waals surface area contributed by atoms with Gasteiger partial charge in [0, 0.05) is 31.8 Å². The average molecular weight is 560 g/mol. The summed E-state index contributed by atoms with van der Waals surface area (Å²) in [6.07, 6.45) is -2.71. The Morgan fingerprint density at radius 2 is 1.90 bits per heavy atom. The number of aryl methyl sites for hydroxylation is 1. The van der Waals surface area contributed by atoms with E-state index in [1.807, 2.05) is 0 Å². The number of halogens is 4. The van der Waals surface area contributed by atoms with E-state index < -0.39 is 60.6 Å². The van der Waals surface area contributed by atoms with E-state index >= 15 is 0 Å². The molecule has 2 N–H and O–H groups in total. The third kappa shape index (κ3) is 4.70. The summed E-state index contributed by atoms with van der Waals surface area (Å²) in [7, 11) is 1.75. The van der Waals surface area contributed by atoms with Crippen LogP contribution < -0.4 is 5.32 Å². The Labute approximate surface area is 226 Å². The van der Waals surface area contributed by atoms with Crippen molar-refractivity contribution in [2.75, 3.05) is 6.54 Å². The molecule has 2 aromatic carbocycles. The van der Waals surface area contributed by atoms with Crippen molar-refractivity contribution < 1.29 is 37.1 Å². The Balaban J connectivity index is 1.41. The number of nitrogens with zero attached hydrogens (tertiary/aromatic N) is 4. The van der Waals surface area contributed by atoms with Gasteiger partial charge in [-0.1, -0.05) is 24.3 Å². The fraction of sp³-hybridized carbons (Fsp3) is 0.333. The summed E-state index contributed by atoms with van der Waals surface area (Å²) in [6.45, 7) is -0.682. The number of aromatic nitrogens is 2. The highest BCUT2D eigenvalue weighted by molar-refractivity contribution is 6.10. The Kier molecular flexibility index (Phi) is 6.65. The number of hydrogen-bond acceptors (Lipinski definition) is 5. The normalized spacial score (nSPS) is 21.1. The number of alkyl halides is 3. The van der Waals surface area contributed by atoms with Crippen LogP contribution in [0.5, 0.6) is 0 Å². The van der Waals surface area contributed by atoms with Gasteiger partial charge in [-0.05, 0) is 47.4 Å². The van der Waals surface area contributed by atoms with Crippen molar-refractivity contribution in [3.63, 3.8) is 0 Å². The zero-order valence-electron chi connectivity index (χ0n) is 21.4. The van der Waals surface area contributed by atoms with Gasteiger partial charge in [-0.25, -0.2) is 9.18 Å². The van der Waals surface area contributed by atoms with Gasteiger partial charge in [-0.3, -0.25) is 19.2 Å². The molecule has 1 saturated heterocycles. The van der Waals surface area contributed by atoms with E-state index in [0.29, 0.717) is 20.9 Å². The number of aliphatic hydroxyl groups is 1. The van der Waals surface area contributed by atoms with Crippen molar-refractivity contribution in [2.24, 2.45) is 7.05 Å². The van der Waals surface area contributed by atoms with Crippen LogP contribution in [0.2, 0.25) is 0 Å². The number of amides is 4. The predicted octanol–water partition coefficient (Wildman–Crippen LogP) is 3.39. The molecule has 2 heterocycles. The maximum Gasteiger partial charge on any atom is 0.408 e. The summed E-state index contributed by atoms with van der Waals surface area (Å²) < 4.78 is 55.9. The minimum atomic E-state index is -4.80. The summed E-state index contributed by atoms with van der Waals surface area (Å²) in [5.41, 5.74) is 0.810. The third-order valence-electron chi connectivity index (χ3n) is 7.40. The standard InChI is InChI=1S/C27H25F4N5O4/c1-15(27(29,30)31)35(12-16-3-6-19(28)7-4-16)23(38)14-36-24(39)26(33-25(36)40)10-22(37)20-9-17(5-8-21(20)26)18-11-32-34(2)13-18/h3-9,11,13,15,22,37H,10,12,14H2,1-2H3,(H,33,40)/t15-,22+,26-/m0/s1. The zero-order valence-corrected chi connectivity index (χ0v) is 21.4. The van der Waals surface area contributed by atoms with Crippen LogP contribution in [0.25, 0.3) is 11.1 Å². The lowest BCUT2D eigenvalue weighted by Crippen LogP contribution is -2.51. The Morgan fingerprint density at radius 1 is 1.20 bits per heavy atom. The molecule has 1 aromatic heterocycles. The maximum atomic E-state index is 13.7. The van der Waals surface area contributed by atoms with Gasteiger partial charge >= 0.3 is 12.2 Å². The number of rotatable bonds is 6. The highest BCUT2D eigenvalue weighted by Crippen LogP contribution is 2.47. The first-order valence-corrected chi connectivity index (χ1v) is 12.4. The van der Waals surface area contributed by atoms with E-state index in [1.54, 1.807) is 42.3 Å². The van der Waals surface area contributed by atoms with E-state index in [4.69, 9.17) is 0 Å². The van der Waals surface area contributed by atoms with Gasteiger partial charge in [-0.2, -0.15) is 18.3 Å². The van der Waals surface area contributed by atoms with Gasteiger partial charge in [0.1, 0.15) is 23.9 Å². The number of urea groups is 1. The van der Waals surface area contributed by atoms with Crippen molar-refractivity contribution in [3.05, 3.63) is 77.4 Å². The van der Waals surface area contributed by atoms with Crippen LogP contribution in [0.15, 0.2) is 54.9 Å². The second-order valence-corrected chi connectivity index (χ2v) is 10.0. The number of hydrogen-bond donors (Lipinski definition) is 2. The zero-order chi connectivity index (χ0) is 29.0. The first-order chi connectivity index (χ1) is 18.8. The quantitative estimate of drug-likeness (QED) is 0.356. The predicted molar refractivity (Wildman–Crippen MR) is 133 cm³/mol. The first-order valence-electron chi connectivity index (χ1n) is 12.4. The minimum Gasteiger partial charge on any atom is -0.388 e. The molecule has 1 spiro atoms. The molecule has 0 unspecified atom stereocenters. The van der Waals surface area contributed by atoms with Crippen LogP contribution in [-0.2, 0) is 28.7 Å². The lowest BCUT2D eigenvalue weighted by Gasteiger charge is -2.32. The highest BCUT2D eigenvalue weighted by Gasteiger charge is 2.58. The number of carbonyl (C=O) groups is 3. The van der Waals surface area contributed by atoms with Gasteiger partial charge in [0.15, 0.2) is 0 Å². The van der Waals surface area contributed by atoms with Crippen LogP contribution in [0.1, 0.15) is 36.1 Å².